The van der Waals surface area contributed by atoms with E-state index < -0.39 is 24.1 Å². The molecule has 2 aliphatic rings. The van der Waals surface area contributed by atoms with E-state index in [2.05, 4.69) is 5.32 Å². The zero-order valence-electron chi connectivity index (χ0n) is 11.1. The van der Waals surface area contributed by atoms with Crippen LogP contribution in [-0.2, 0) is 9.59 Å². The molecule has 3 N–H and O–H groups in total. The maximum atomic E-state index is 11.9. The maximum absolute atomic E-state index is 11.9. The summed E-state index contributed by atoms with van der Waals surface area (Å²) in [4.78, 5) is 37.4. The average molecular weight is 285 g/mol. The molecule has 0 aromatic heterocycles. The number of aliphatic hydroxyl groups excluding tert-OH is 1. The van der Waals surface area contributed by atoms with Crippen molar-refractivity contribution in [2.75, 3.05) is 26.2 Å². The van der Waals surface area contributed by atoms with Crippen LogP contribution in [0.2, 0.25) is 0 Å². The summed E-state index contributed by atoms with van der Waals surface area (Å²) in [7, 11) is 0. The largest absolute Gasteiger partial charge is 0.480 e. The third-order valence-electron chi connectivity index (χ3n) is 3.67. The van der Waals surface area contributed by atoms with E-state index in [1.807, 2.05) is 0 Å². The number of amides is 3. The van der Waals surface area contributed by atoms with Crippen molar-refractivity contribution in [1.29, 1.82) is 0 Å². The number of β-amino-alcohol motifs (C(OH)–C–C–N with tert-alkyl or cyclic N) is 1. The van der Waals surface area contributed by atoms with Crippen molar-refractivity contribution in [1.82, 2.24) is 15.1 Å². The highest BCUT2D eigenvalue weighted by molar-refractivity contribution is 5.87. The van der Waals surface area contributed by atoms with Crippen LogP contribution in [-0.4, -0.2) is 76.2 Å². The van der Waals surface area contributed by atoms with Crippen LogP contribution in [0.3, 0.4) is 0 Å². The number of aliphatic carboxylic acids is 1. The van der Waals surface area contributed by atoms with Gasteiger partial charge in [-0.3, -0.25) is 4.79 Å². The van der Waals surface area contributed by atoms with Gasteiger partial charge in [-0.15, -0.1) is 0 Å². The van der Waals surface area contributed by atoms with Crippen LogP contribution < -0.4 is 5.32 Å². The summed E-state index contributed by atoms with van der Waals surface area (Å²) in [6.45, 7) is 1.24. The van der Waals surface area contributed by atoms with E-state index in [0.717, 1.165) is 17.7 Å². The van der Waals surface area contributed by atoms with E-state index in [1.54, 1.807) is 4.90 Å². The molecule has 2 rings (SSSR count). The Bertz CT molecular complexity index is 408. The number of aliphatic hydroxyl groups is 1. The van der Waals surface area contributed by atoms with E-state index >= 15 is 0 Å². The number of nitrogens with one attached hydrogen (secondary N) is 1. The van der Waals surface area contributed by atoms with Crippen LogP contribution in [0.15, 0.2) is 0 Å². The fourth-order valence-electron chi connectivity index (χ4n) is 2.60. The SMILES string of the molecule is O=C(O)[C@@H]1CC(O)CN1C(=O)NCC(=O)N1CCCC1. The topological polar surface area (TPSA) is 110 Å². The van der Waals surface area contributed by atoms with Crippen LogP contribution in [0.1, 0.15) is 19.3 Å². The summed E-state index contributed by atoms with van der Waals surface area (Å²) in [5, 5.41) is 20.9. The first-order valence-electron chi connectivity index (χ1n) is 6.72. The van der Waals surface area contributed by atoms with Gasteiger partial charge in [-0.05, 0) is 12.8 Å². The molecule has 2 fully saturated rings. The van der Waals surface area contributed by atoms with Gasteiger partial charge in [-0.1, -0.05) is 0 Å². The number of urea groups is 1. The quantitative estimate of drug-likeness (QED) is 0.606. The number of carbonyl (C=O) groups excluding carboxylic acids is 2. The zero-order chi connectivity index (χ0) is 14.7. The van der Waals surface area contributed by atoms with Crippen molar-refractivity contribution in [2.24, 2.45) is 0 Å². The molecule has 2 aliphatic heterocycles. The van der Waals surface area contributed by atoms with Gasteiger partial charge < -0.3 is 25.3 Å². The van der Waals surface area contributed by atoms with Crippen molar-refractivity contribution >= 4 is 17.9 Å². The van der Waals surface area contributed by atoms with Gasteiger partial charge in [0.1, 0.15) is 6.04 Å². The highest BCUT2D eigenvalue weighted by Gasteiger charge is 2.39. The minimum Gasteiger partial charge on any atom is -0.480 e. The fourth-order valence-corrected chi connectivity index (χ4v) is 2.60. The number of hydrogen-bond acceptors (Lipinski definition) is 4. The van der Waals surface area contributed by atoms with Gasteiger partial charge in [0.05, 0.1) is 12.6 Å². The smallest absolute Gasteiger partial charge is 0.326 e. The van der Waals surface area contributed by atoms with Crippen LogP contribution in [0, 0.1) is 0 Å². The van der Waals surface area contributed by atoms with Gasteiger partial charge >= 0.3 is 12.0 Å². The third-order valence-corrected chi connectivity index (χ3v) is 3.67. The molecule has 0 aliphatic carbocycles. The number of carbonyl (C=O) groups is 3. The molecule has 0 bridgehead atoms. The predicted octanol–water partition coefficient (Wildman–Crippen LogP) is -1.16. The molecule has 1 unspecified atom stereocenters. The number of rotatable bonds is 3. The lowest BCUT2D eigenvalue weighted by molar-refractivity contribution is -0.141. The molecule has 0 spiro atoms. The molecule has 3 amide bonds. The number of carboxylic acid groups (broad SMARTS) is 1. The average Bonchev–Trinajstić information content (AvgIpc) is 3.04. The van der Waals surface area contributed by atoms with Gasteiger partial charge in [-0.25, -0.2) is 9.59 Å². The van der Waals surface area contributed by atoms with E-state index in [0.29, 0.717) is 13.1 Å². The van der Waals surface area contributed by atoms with Crippen LogP contribution in [0.5, 0.6) is 0 Å². The second kappa shape index (κ2) is 6.08. The number of carboxylic acids is 1. The number of nitrogens with zero attached hydrogens (tertiary/aromatic N) is 2. The van der Waals surface area contributed by atoms with Crippen molar-refractivity contribution in [3.63, 3.8) is 0 Å². The third kappa shape index (κ3) is 3.19. The molecule has 2 atom stereocenters. The summed E-state index contributed by atoms with van der Waals surface area (Å²) in [5.74, 6) is -1.31. The summed E-state index contributed by atoms with van der Waals surface area (Å²) >= 11 is 0. The summed E-state index contributed by atoms with van der Waals surface area (Å²) in [6.07, 6.45) is 1.12. The molecule has 112 valence electrons. The molecule has 0 radical (unpaired) electrons. The molecular weight excluding hydrogens is 266 g/mol. The van der Waals surface area contributed by atoms with Gasteiger partial charge in [0, 0.05) is 26.1 Å². The van der Waals surface area contributed by atoms with E-state index in [4.69, 9.17) is 5.11 Å². The zero-order valence-corrected chi connectivity index (χ0v) is 11.1. The Labute approximate surface area is 116 Å². The normalized spacial score (nSPS) is 25.9. The van der Waals surface area contributed by atoms with Gasteiger partial charge in [-0.2, -0.15) is 0 Å². The van der Waals surface area contributed by atoms with Gasteiger partial charge in [0.25, 0.3) is 0 Å². The Kier molecular flexibility index (Phi) is 4.43. The Morgan fingerprint density at radius 2 is 1.85 bits per heavy atom. The first-order chi connectivity index (χ1) is 9.49. The van der Waals surface area contributed by atoms with Crippen molar-refractivity contribution < 1.29 is 24.6 Å². The molecule has 0 aromatic rings. The van der Waals surface area contributed by atoms with Crippen LogP contribution in [0.4, 0.5) is 4.79 Å². The molecule has 20 heavy (non-hydrogen) atoms. The highest BCUT2D eigenvalue weighted by atomic mass is 16.4. The number of hydrogen-bond donors (Lipinski definition) is 3. The highest BCUT2D eigenvalue weighted by Crippen LogP contribution is 2.18. The minimum absolute atomic E-state index is 0.0167. The molecule has 2 heterocycles. The van der Waals surface area contributed by atoms with Crippen molar-refractivity contribution in [2.45, 2.75) is 31.4 Å². The summed E-state index contributed by atoms with van der Waals surface area (Å²) in [6, 6.07) is -1.66. The lowest BCUT2D eigenvalue weighted by Gasteiger charge is -2.22. The van der Waals surface area contributed by atoms with Gasteiger partial charge in [0.2, 0.25) is 5.91 Å². The minimum atomic E-state index is -1.15. The first kappa shape index (κ1) is 14.6. The Morgan fingerprint density at radius 1 is 1.20 bits per heavy atom. The van der Waals surface area contributed by atoms with Crippen molar-refractivity contribution in [3.05, 3.63) is 0 Å². The van der Waals surface area contributed by atoms with Crippen LogP contribution in [0.25, 0.3) is 0 Å². The summed E-state index contributed by atoms with van der Waals surface area (Å²) in [5.41, 5.74) is 0. The lowest BCUT2D eigenvalue weighted by Crippen LogP contribution is -2.48. The molecule has 2 saturated heterocycles. The van der Waals surface area contributed by atoms with E-state index in [1.165, 1.54) is 0 Å². The van der Waals surface area contributed by atoms with E-state index in [9.17, 15) is 19.5 Å². The Balaban J connectivity index is 1.84. The summed E-state index contributed by atoms with van der Waals surface area (Å²) < 4.78 is 0. The maximum Gasteiger partial charge on any atom is 0.326 e. The Morgan fingerprint density at radius 3 is 2.45 bits per heavy atom. The molecule has 0 saturated carbocycles. The van der Waals surface area contributed by atoms with Crippen LogP contribution >= 0.6 is 0 Å². The van der Waals surface area contributed by atoms with E-state index in [-0.39, 0.29) is 25.4 Å². The standard InChI is InChI=1S/C12H19N3O5/c16-8-5-9(11(18)19)15(7-8)12(20)13-6-10(17)14-3-1-2-4-14/h8-9,16H,1-7H2,(H,13,20)(H,18,19)/t8?,9-/m0/s1. The number of likely N-dealkylation sites (tertiary alicyclic amines) is 2. The lowest BCUT2D eigenvalue weighted by atomic mass is 10.2. The predicted molar refractivity (Wildman–Crippen MR) is 68.0 cm³/mol. The second-order valence-electron chi connectivity index (χ2n) is 5.14. The molecular formula is C12H19N3O5. The van der Waals surface area contributed by atoms with Crippen molar-refractivity contribution in [3.8, 4) is 0 Å². The monoisotopic (exact) mass is 285 g/mol. The Hall–Kier alpha value is -1.83. The molecule has 8 nitrogen and oxygen atoms in total. The molecule has 8 heteroatoms. The fraction of sp³-hybridized carbons (Fsp3) is 0.750. The first-order valence-corrected chi connectivity index (χ1v) is 6.72. The second-order valence-corrected chi connectivity index (χ2v) is 5.14. The van der Waals surface area contributed by atoms with Gasteiger partial charge in [0.15, 0.2) is 0 Å². The molecule has 0 aromatic carbocycles.